The standard InChI is InChI=1S/C14H22N2/c1-12(2)16-10-9-15(11-13(16)3)14-7-5-4-6-8-14/h4-8,12-13H,9-11H2,1-3H3. The largest absolute Gasteiger partial charge is 0.369 e. The molecule has 1 fully saturated rings. The van der Waals surface area contributed by atoms with Crippen LogP contribution < -0.4 is 4.90 Å². The van der Waals surface area contributed by atoms with Crippen LogP contribution in [-0.2, 0) is 0 Å². The molecule has 1 aromatic carbocycles. The molecule has 1 aliphatic heterocycles. The van der Waals surface area contributed by atoms with Crippen molar-refractivity contribution >= 4 is 5.69 Å². The van der Waals surface area contributed by atoms with Crippen LogP contribution in [0.4, 0.5) is 5.69 Å². The highest BCUT2D eigenvalue weighted by molar-refractivity contribution is 5.46. The van der Waals surface area contributed by atoms with Gasteiger partial charge in [0.2, 0.25) is 0 Å². The first-order valence-corrected chi connectivity index (χ1v) is 6.24. The minimum atomic E-state index is 0.647. The number of rotatable bonds is 2. The molecular weight excluding hydrogens is 196 g/mol. The monoisotopic (exact) mass is 218 g/mol. The zero-order valence-corrected chi connectivity index (χ0v) is 10.6. The van der Waals surface area contributed by atoms with E-state index in [4.69, 9.17) is 0 Å². The molecule has 1 aliphatic rings. The van der Waals surface area contributed by atoms with Crippen LogP contribution in [0.5, 0.6) is 0 Å². The maximum atomic E-state index is 2.58. The molecule has 2 heteroatoms. The number of benzene rings is 1. The van der Waals surface area contributed by atoms with Crippen molar-refractivity contribution in [1.29, 1.82) is 0 Å². The molecule has 1 saturated heterocycles. The van der Waals surface area contributed by atoms with E-state index in [0.717, 1.165) is 13.1 Å². The van der Waals surface area contributed by atoms with E-state index in [1.165, 1.54) is 12.2 Å². The molecule has 0 aromatic heterocycles. The van der Waals surface area contributed by atoms with Crippen molar-refractivity contribution in [1.82, 2.24) is 4.90 Å². The van der Waals surface area contributed by atoms with E-state index in [9.17, 15) is 0 Å². The average molecular weight is 218 g/mol. The van der Waals surface area contributed by atoms with Gasteiger partial charge in [-0.05, 0) is 32.9 Å². The highest BCUT2D eigenvalue weighted by atomic mass is 15.3. The average Bonchev–Trinajstić information content (AvgIpc) is 2.29. The quantitative estimate of drug-likeness (QED) is 0.753. The molecule has 0 saturated carbocycles. The van der Waals surface area contributed by atoms with E-state index < -0.39 is 0 Å². The van der Waals surface area contributed by atoms with Gasteiger partial charge >= 0.3 is 0 Å². The van der Waals surface area contributed by atoms with E-state index >= 15 is 0 Å². The van der Waals surface area contributed by atoms with Gasteiger partial charge < -0.3 is 4.90 Å². The molecule has 88 valence electrons. The van der Waals surface area contributed by atoms with Crippen LogP contribution in [-0.4, -0.2) is 36.6 Å². The second-order valence-electron chi connectivity index (χ2n) is 4.96. The summed E-state index contributed by atoms with van der Waals surface area (Å²) in [5, 5.41) is 0. The first-order chi connectivity index (χ1) is 7.68. The summed E-state index contributed by atoms with van der Waals surface area (Å²) >= 11 is 0. The van der Waals surface area contributed by atoms with Gasteiger partial charge in [0.1, 0.15) is 0 Å². The molecule has 1 heterocycles. The van der Waals surface area contributed by atoms with Gasteiger partial charge in [-0.3, -0.25) is 4.90 Å². The molecule has 0 aliphatic carbocycles. The number of para-hydroxylation sites is 1. The number of anilines is 1. The van der Waals surface area contributed by atoms with Crippen molar-refractivity contribution in [2.75, 3.05) is 24.5 Å². The number of hydrogen-bond donors (Lipinski definition) is 0. The summed E-state index contributed by atoms with van der Waals surface area (Å²) in [5.41, 5.74) is 1.36. The predicted octanol–water partition coefficient (Wildman–Crippen LogP) is 2.61. The Balaban J connectivity index is 2.03. The second kappa shape index (κ2) is 4.88. The minimum Gasteiger partial charge on any atom is -0.369 e. The number of hydrogen-bond acceptors (Lipinski definition) is 2. The summed E-state index contributed by atoms with van der Waals surface area (Å²) in [4.78, 5) is 5.07. The summed E-state index contributed by atoms with van der Waals surface area (Å²) in [6.45, 7) is 10.4. The van der Waals surface area contributed by atoms with E-state index in [2.05, 4.69) is 60.9 Å². The maximum Gasteiger partial charge on any atom is 0.0367 e. The van der Waals surface area contributed by atoms with Crippen LogP contribution in [0.2, 0.25) is 0 Å². The van der Waals surface area contributed by atoms with Crippen LogP contribution in [0.1, 0.15) is 20.8 Å². The highest BCUT2D eigenvalue weighted by Gasteiger charge is 2.25. The second-order valence-corrected chi connectivity index (χ2v) is 4.96. The Kier molecular flexibility index (Phi) is 3.49. The third-order valence-corrected chi connectivity index (χ3v) is 3.46. The molecule has 16 heavy (non-hydrogen) atoms. The highest BCUT2D eigenvalue weighted by Crippen LogP contribution is 2.19. The first kappa shape index (κ1) is 11.5. The fourth-order valence-electron chi connectivity index (χ4n) is 2.61. The molecule has 1 unspecified atom stereocenters. The minimum absolute atomic E-state index is 0.647. The van der Waals surface area contributed by atoms with Gasteiger partial charge in [0.05, 0.1) is 0 Å². The zero-order valence-electron chi connectivity index (χ0n) is 10.6. The fraction of sp³-hybridized carbons (Fsp3) is 0.571. The van der Waals surface area contributed by atoms with E-state index in [1.54, 1.807) is 0 Å². The third-order valence-electron chi connectivity index (χ3n) is 3.46. The number of nitrogens with zero attached hydrogens (tertiary/aromatic N) is 2. The summed E-state index contributed by atoms with van der Waals surface area (Å²) in [6.07, 6.45) is 0. The molecule has 0 N–H and O–H groups in total. The van der Waals surface area contributed by atoms with Crippen LogP contribution in [0, 0.1) is 0 Å². The topological polar surface area (TPSA) is 6.48 Å². The lowest BCUT2D eigenvalue weighted by Gasteiger charge is -2.43. The lowest BCUT2D eigenvalue weighted by Crippen LogP contribution is -2.54. The lowest BCUT2D eigenvalue weighted by molar-refractivity contribution is 0.148. The Morgan fingerprint density at radius 2 is 1.81 bits per heavy atom. The van der Waals surface area contributed by atoms with Crippen molar-refractivity contribution < 1.29 is 0 Å². The van der Waals surface area contributed by atoms with Gasteiger partial charge in [0.15, 0.2) is 0 Å². The SMILES string of the molecule is CC(C)N1CCN(c2ccccc2)CC1C. The maximum absolute atomic E-state index is 2.58. The number of piperazine rings is 1. The van der Waals surface area contributed by atoms with Crippen molar-refractivity contribution in [3.8, 4) is 0 Å². The van der Waals surface area contributed by atoms with Gasteiger partial charge in [0, 0.05) is 37.4 Å². The molecule has 0 spiro atoms. The molecular formula is C14H22N2. The zero-order chi connectivity index (χ0) is 11.5. The fourth-order valence-corrected chi connectivity index (χ4v) is 2.61. The molecule has 0 bridgehead atoms. The van der Waals surface area contributed by atoms with Gasteiger partial charge in [-0.15, -0.1) is 0 Å². The molecule has 0 radical (unpaired) electrons. The normalized spacial score (nSPS) is 22.8. The predicted molar refractivity (Wildman–Crippen MR) is 70.0 cm³/mol. The van der Waals surface area contributed by atoms with Crippen molar-refractivity contribution in [3.63, 3.8) is 0 Å². The third kappa shape index (κ3) is 2.38. The molecule has 1 atom stereocenters. The molecule has 2 nitrogen and oxygen atoms in total. The molecule has 0 amide bonds. The smallest absolute Gasteiger partial charge is 0.0367 e. The Hall–Kier alpha value is -1.02. The van der Waals surface area contributed by atoms with E-state index in [-0.39, 0.29) is 0 Å². The Morgan fingerprint density at radius 3 is 2.38 bits per heavy atom. The van der Waals surface area contributed by atoms with Gasteiger partial charge in [-0.25, -0.2) is 0 Å². The summed E-state index contributed by atoms with van der Waals surface area (Å²) < 4.78 is 0. The van der Waals surface area contributed by atoms with Gasteiger partial charge in [0.25, 0.3) is 0 Å². The van der Waals surface area contributed by atoms with Crippen molar-refractivity contribution in [2.24, 2.45) is 0 Å². The van der Waals surface area contributed by atoms with Crippen LogP contribution in [0.3, 0.4) is 0 Å². The molecule has 1 aromatic rings. The van der Waals surface area contributed by atoms with Crippen LogP contribution in [0.15, 0.2) is 30.3 Å². The van der Waals surface area contributed by atoms with Gasteiger partial charge in [-0.1, -0.05) is 18.2 Å². The summed E-state index contributed by atoms with van der Waals surface area (Å²) in [6, 6.07) is 12.0. The lowest BCUT2D eigenvalue weighted by atomic mass is 10.1. The molecule has 2 rings (SSSR count). The van der Waals surface area contributed by atoms with E-state index in [0.29, 0.717) is 12.1 Å². The van der Waals surface area contributed by atoms with Crippen molar-refractivity contribution in [2.45, 2.75) is 32.9 Å². The Labute approximate surface area is 98.9 Å². The Bertz CT molecular complexity index is 321. The van der Waals surface area contributed by atoms with Gasteiger partial charge in [-0.2, -0.15) is 0 Å². The first-order valence-electron chi connectivity index (χ1n) is 6.24. The van der Waals surface area contributed by atoms with E-state index in [1.807, 2.05) is 0 Å². The summed E-state index contributed by atoms with van der Waals surface area (Å²) in [5.74, 6) is 0. The van der Waals surface area contributed by atoms with Crippen molar-refractivity contribution in [3.05, 3.63) is 30.3 Å². The van der Waals surface area contributed by atoms with Crippen LogP contribution >= 0.6 is 0 Å². The Morgan fingerprint density at radius 1 is 1.12 bits per heavy atom. The summed E-state index contributed by atoms with van der Waals surface area (Å²) in [7, 11) is 0. The van der Waals surface area contributed by atoms with Crippen LogP contribution in [0.25, 0.3) is 0 Å².